The van der Waals surface area contributed by atoms with E-state index in [1.54, 1.807) is 6.92 Å². The minimum atomic E-state index is -2.56. The molecule has 0 amide bonds. The van der Waals surface area contributed by atoms with Gasteiger partial charge in [-0.1, -0.05) is 39.5 Å². The highest BCUT2D eigenvalue weighted by Gasteiger charge is 2.27. The normalized spacial score (nSPS) is 13.4. The number of esters is 1. The molecule has 0 spiro atoms. The lowest BCUT2D eigenvalue weighted by molar-refractivity contribution is -0.146. The molecule has 132 valence electrons. The monoisotopic (exact) mass is 338 g/mol. The number of thioether (sulfide) groups is 1. The maximum absolute atomic E-state index is 13.4. The summed E-state index contributed by atoms with van der Waals surface area (Å²) in [6.07, 6.45) is 4.61. The van der Waals surface area contributed by atoms with Gasteiger partial charge in [-0.25, -0.2) is 8.78 Å². The second-order valence-corrected chi connectivity index (χ2v) is 7.36. The van der Waals surface area contributed by atoms with Crippen LogP contribution in [0.5, 0.6) is 0 Å². The number of unbranched alkanes of at least 4 members (excludes halogenated alkanes) is 2. The second-order valence-electron chi connectivity index (χ2n) is 6.05. The standard InChI is InChI=1S/C17H32F2O2S/c1-5-7-8-10-15(16(20)21-14(3)4)22-13-9-12-17(18,19)11-6-2/h14-15H,5-13H2,1-4H3. The predicted molar refractivity (Wildman–Crippen MR) is 90.7 cm³/mol. The van der Waals surface area contributed by atoms with Crippen molar-refractivity contribution in [3.05, 3.63) is 0 Å². The fraction of sp³-hybridized carbons (Fsp3) is 0.941. The highest BCUT2D eigenvalue weighted by atomic mass is 32.2. The Labute approximate surface area is 138 Å². The lowest BCUT2D eigenvalue weighted by Gasteiger charge is -2.18. The Morgan fingerprint density at radius 3 is 2.32 bits per heavy atom. The number of halogens is 2. The van der Waals surface area contributed by atoms with E-state index in [0.29, 0.717) is 18.6 Å². The van der Waals surface area contributed by atoms with Crippen molar-refractivity contribution >= 4 is 17.7 Å². The first kappa shape index (κ1) is 21.7. The molecule has 0 aromatic heterocycles. The van der Waals surface area contributed by atoms with Crippen molar-refractivity contribution < 1.29 is 18.3 Å². The van der Waals surface area contributed by atoms with E-state index in [2.05, 4.69) is 6.92 Å². The van der Waals surface area contributed by atoms with E-state index in [9.17, 15) is 13.6 Å². The minimum absolute atomic E-state index is 0.0486. The molecule has 0 saturated carbocycles. The van der Waals surface area contributed by atoms with Gasteiger partial charge in [0, 0.05) is 12.8 Å². The fourth-order valence-electron chi connectivity index (χ4n) is 2.20. The van der Waals surface area contributed by atoms with Crippen LogP contribution in [0.25, 0.3) is 0 Å². The molecule has 0 aliphatic heterocycles. The Kier molecular flexibility index (Phi) is 12.0. The largest absolute Gasteiger partial charge is 0.462 e. The first-order valence-electron chi connectivity index (χ1n) is 8.52. The summed E-state index contributed by atoms with van der Waals surface area (Å²) in [6, 6.07) is 0. The summed E-state index contributed by atoms with van der Waals surface area (Å²) in [5.74, 6) is -2.18. The summed E-state index contributed by atoms with van der Waals surface area (Å²) in [7, 11) is 0. The molecule has 0 N–H and O–H groups in total. The van der Waals surface area contributed by atoms with Gasteiger partial charge in [0.2, 0.25) is 5.92 Å². The molecule has 0 aliphatic carbocycles. The second kappa shape index (κ2) is 12.1. The van der Waals surface area contributed by atoms with E-state index in [-0.39, 0.29) is 30.2 Å². The summed E-state index contributed by atoms with van der Waals surface area (Å²) in [5, 5.41) is -0.214. The first-order valence-corrected chi connectivity index (χ1v) is 9.57. The van der Waals surface area contributed by atoms with Crippen LogP contribution in [0.2, 0.25) is 0 Å². The van der Waals surface area contributed by atoms with Gasteiger partial charge in [-0.15, -0.1) is 11.8 Å². The van der Waals surface area contributed by atoms with Gasteiger partial charge in [0.05, 0.1) is 6.10 Å². The Balaban J connectivity index is 4.19. The van der Waals surface area contributed by atoms with Gasteiger partial charge in [-0.3, -0.25) is 4.79 Å². The molecule has 0 bridgehead atoms. The molecule has 5 heteroatoms. The topological polar surface area (TPSA) is 26.3 Å². The maximum Gasteiger partial charge on any atom is 0.319 e. The van der Waals surface area contributed by atoms with Crippen molar-refractivity contribution in [3.8, 4) is 0 Å². The lowest BCUT2D eigenvalue weighted by atomic mass is 10.1. The number of alkyl halides is 2. The molecular weight excluding hydrogens is 306 g/mol. The maximum atomic E-state index is 13.4. The molecule has 0 saturated heterocycles. The summed E-state index contributed by atoms with van der Waals surface area (Å²) >= 11 is 1.47. The van der Waals surface area contributed by atoms with E-state index in [0.717, 1.165) is 25.7 Å². The van der Waals surface area contributed by atoms with Gasteiger partial charge in [-0.05, 0) is 32.4 Å². The van der Waals surface area contributed by atoms with E-state index in [1.807, 2.05) is 13.8 Å². The molecule has 2 nitrogen and oxygen atoms in total. The molecule has 0 aromatic rings. The number of hydrogen-bond acceptors (Lipinski definition) is 3. The molecule has 0 heterocycles. The van der Waals surface area contributed by atoms with Gasteiger partial charge in [0.25, 0.3) is 0 Å². The van der Waals surface area contributed by atoms with Crippen LogP contribution in [0.4, 0.5) is 8.78 Å². The molecule has 0 fully saturated rings. The number of carbonyl (C=O) groups excluding carboxylic acids is 1. The first-order chi connectivity index (χ1) is 10.3. The molecule has 1 atom stereocenters. The molecular formula is C17H32F2O2S. The number of rotatable bonds is 13. The van der Waals surface area contributed by atoms with Crippen molar-refractivity contribution in [2.75, 3.05) is 5.75 Å². The summed E-state index contributed by atoms with van der Waals surface area (Å²) in [5.41, 5.74) is 0. The van der Waals surface area contributed by atoms with Crippen LogP contribution in [-0.4, -0.2) is 29.0 Å². The van der Waals surface area contributed by atoms with Crippen LogP contribution in [0.15, 0.2) is 0 Å². The van der Waals surface area contributed by atoms with Gasteiger partial charge in [0.1, 0.15) is 5.25 Å². The average molecular weight is 339 g/mol. The van der Waals surface area contributed by atoms with Crippen LogP contribution < -0.4 is 0 Å². The molecule has 0 radical (unpaired) electrons. The van der Waals surface area contributed by atoms with E-state index in [1.165, 1.54) is 11.8 Å². The minimum Gasteiger partial charge on any atom is -0.462 e. The van der Waals surface area contributed by atoms with Gasteiger partial charge < -0.3 is 4.74 Å². The third-order valence-corrected chi connectivity index (χ3v) is 4.66. The highest BCUT2D eigenvalue weighted by molar-refractivity contribution is 8.00. The number of hydrogen-bond donors (Lipinski definition) is 0. The lowest BCUT2D eigenvalue weighted by Crippen LogP contribution is -2.24. The third-order valence-electron chi connectivity index (χ3n) is 3.31. The Hall–Kier alpha value is -0.320. The fourth-order valence-corrected chi connectivity index (χ4v) is 3.32. The van der Waals surface area contributed by atoms with Crippen molar-refractivity contribution in [1.29, 1.82) is 0 Å². The zero-order chi connectivity index (χ0) is 17.0. The predicted octanol–water partition coefficient (Wildman–Crippen LogP) is 5.84. The average Bonchev–Trinajstić information content (AvgIpc) is 2.40. The van der Waals surface area contributed by atoms with Crippen LogP contribution in [0.3, 0.4) is 0 Å². The van der Waals surface area contributed by atoms with Crippen molar-refractivity contribution in [2.45, 2.75) is 96.3 Å². The molecule has 22 heavy (non-hydrogen) atoms. The van der Waals surface area contributed by atoms with Crippen molar-refractivity contribution in [1.82, 2.24) is 0 Å². The Morgan fingerprint density at radius 2 is 1.77 bits per heavy atom. The number of carbonyl (C=O) groups is 1. The van der Waals surface area contributed by atoms with Crippen LogP contribution in [0.1, 0.15) is 79.1 Å². The van der Waals surface area contributed by atoms with Crippen molar-refractivity contribution in [3.63, 3.8) is 0 Å². The summed E-state index contributed by atoms with van der Waals surface area (Å²) in [6.45, 7) is 7.55. The Morgan fingerprint density at radius 1 is 1.09 bits per heavy atom. The van der Waals surface area contributed by atoms with Crippen LogP contribution >= 0.6 is 11.8 Å². The van der Waals surface area contributed by atoms with Crippen LogP contribution in [0, 0.1) is 0 Å². The van der Waals surface area contributed by atoms with Gasteiger partial charge >= 0.3 is 5.97 Å². The van der Waals surface area contributed by atoms with E-state index in [4.69, 9.17) is 4.74 Å². The SMILES string of the molecule is CCCCCC(SCCCC(F)(F)CCC)C(=O)OC(C)C. The summed E-state index contributed by atoms with van der Waals surface area (Å²) < 4.78 is 32.1. The molecule has 0 rings (SSSR count). The van der Waals surface area contributed by atoms with Crippen molar-refractivity contribution in [2.24, 2.45) is 0 Å². The quantitative estimate of drug-likeness (QED) is 0.312. The van der Waals surface area contributed by atoms with Crippen LogP contribution in [-0.2, 0) is 9.53 Å². The van der Waals surface area contributed by atoms with E-state index < -0.39 is 5.92 Å². The highest BCUT2D eigenvalue weighted by Crippen LogP contribution is 2.28. The summed E-state index contributed by atoms with van der Waals surface area (Å²) in [4.78, 5) is 12.1. The molecule has 0 aromatic carbocycles. The van der Waals surface area contributed by atoms with Gasteiger partial charge in [0.15, 0.2) is 0 Å². The zero-order valence-corrected chi connectivity index (χ0v) is 15.3. The number of ether oxygens (including phenoxy) is 1. The smallest absolute Gasteiger partial charge is 0.319 e. The van der Waals surface area contributed by atoms with E-state index >= 15 is 0 Å². The molecule has 1 unspecified atom stereocenters. The Bertz CT molecular complexity index is 296. The third kappa shape index (κ3) is 11.3. The zero-order valence-electron chi connectivity index (χ0n) is 14.5. The molecule has 0 aliphatic rings. The van der Waals surface area contributed by atoms with Gasteiger partial charge in [-0.2, -0.15) is 0 Å².